The molecule has 0 spiro atoms. The Bertz CT molecular complexity index is 546. The molecule has 0 aliphatic rings. The van der Waals surface area contributed by atoms with Gasteiger partial charge in [0.15, 0.2) is 0 Å². The molecule has 0 radical (unpaired) electrons. The molecule has 0 fully saturated rings. The van der Waals surface area contributed by atoms with Gasteiger partial charge in [-0.3, -0.25) is 4.79 Å². The number of thiophene rings is 1. The van der Waals surface area contributed by atoms with E-state index in [-0.39, 0.29) is 18.3 Å². The Kier molecular flexibility index (Phi) is 8.45. The maximum atomic E-state index is 12.1. The van der Waals surface area contributed by atoms with Crippen molar-refractivity contribution in [1.29, 1.82) is 0 Å². The van der Waals surface area contributed by atoms with Crippen molar-refractivity contribution in [2.45, 2.75) is 17.1 Å². The molecular formula is C15H19ClN2OS2. The number of nitrogens with two attached hydrogens (primary N) is 1. The van der Waals surface area contributed by atoms with Gasteiger partial charge in [-0.15, -0.1) is 35.5 Å². The number of hydrogen-bond acceptors (Lipinski definition) is 4. The minimum atomic E-state index is -0.0206. The average Bonchev–Trinajstić information content (AvgIpc) is 2.99. The molecule has 3 nitrogen and oxygen atoms in total. The van der Waals surface area contributed by atoms with E-state index >= 15 is 0 Å². The molecule has 0 unspecified atom stereocenters. The Morgan fingerprint density at radius 1 is 1.24 bits per heavy atom. The molecule has 2 aromatic rings. The second kappa shape index (κ2) is 9.84. The minimum absolute atomic E-state index is 0. The lowest BCUT2D eigenvalue weighted by molar-refractivity contribution is 0.0950. The molecule has 0 aliphatic heterocycles. The quantitative estimate of drug-likeness (QED) is 0.597. The number of benzene rings is 1. The third-order valence-electron chi connectivity index (χ3n) is 2.75. The Morgan fingerprint density at radius 3 is 2.76 bits per heavy atom. The lowest BCUT2D eigenvalue weighted by atomic mass is 10.2. The van der Waals surface area contributed by atoms with E-state index in [1.807, 2.05) is 30.3 Å². The molecule has 1 aromatic carbocycles. The lowest BCUT2D eigenvalue weighted by Crippen LogP contribution is -2.26. The first kappa shape index (κ1) is 18.0. The molecule has 6 heteroatoms. The molecule has 0 saturated carbocycles. The van der Waals surface area contributed by atoms with Gasteiger partial charge in [-0.25, -0.2) is 0 Å². The summed E-state index contributed by atoms with van der Waals surface area (Å²) < 4.78 is 0. The van der Waals surface area contributed by atoms with Crippen molar-refractivity contribution >= 4 is 41.4 Å². The van der Waals surface area contributed by atoms with Crippen molar-refractivity contribution in [2.24, 2.45) is 5.73 Å². The predicted molar refractivity (Wildman–Crippen MR) is 93.6 cm³/mol. The number of hydrogen-bond donors (Lipinski definition) is 2. The molecule has 1 heterocycles. The van der Waals surface area contributed by atoms with Gasteiger partial charge in [0.2, 0.25) is 0 Å². The highest BCUT2D eigenvalue weighted by atomic mass is 35.5. The molecule has 0 saturated heterocycles. The van der Waals surface area contributed by atoms with E-state index in [4.69, 9.17) is 5.73 Å². The summed E-state index contributed by atoms with van der Waals surface area (Å²) in [4.78, 5) is 14.5. The fourth-order valence-electron chi connectivity index (χ4n) is 1.72. The van der Waals surface area contributed by atoms with Crippen LogP contribution in [0.2, 0.25) is 0 Å². The van der Waals surface area contributed by atoms with Gasteiger partial charge in [-0.1, -0.05) is 18.2 Å². The maximum absolute atomic E-state index is 12.1. The van der Waals surface area contributed by atoms with E-state index in [1.165, 1.54) is 4.88 Å². The average molecular weight is 343 g/mol. The smallest absolute Gasteiger partial charge is 0.252 e. The Balaban J connectivity index is 0.00000220. The first-order valence-corrected chi connectivity index (χ1v) is 8.40. The van der Waals surface area contributed by atoms with Gasteiger partial charge < -0.3 is 11.1 Å². The summed E-state index contributed by atoms with van der Waals surface area (Å²) in [7, 11) is 0. The van der Waals surface area contributed by atoms with Crippen LogP contribution in [0.3, 0.4) is 0 Å². The number of halogens is 1. The van der Waals surface area contributed by atoms with E-state index in [1.54, 1.807) is 23.1 Å². The number of carbonyl (C=O) groups is 1. The van der Waals surface area contributed by atoms with Gasteiger partial charge in [0.05, 0.1) is 5.56 Å². The van der Waals surface area contributed by atoms with Gasteiger partial charge >= 0.3 is 0 Å². The van der Waals surface area contributed by atoms with Crippen molar-refractivity contribution in [1.82, 2.24) is 5.32 Å². The monoisotopic (exact) mass is 342 g/mol. The highest BCUT2D eigenvalue weighted by Gasteiger charge is 2.10. The molecular weight excluding hydrogens is 324 g/mol. The minimum Gasteiger partial charge on any atom is -0.352 e. The number of rotatable bonds is 7. The van der Waals surface area contributed by atoms with E-state index < -0.39 is 0 Å². The molecule has 2 rings (SSSR count). The standard InChI is InChI=1S/C15H18N2OS2.ClH/c16-8-4-9-17-15(18)13-6-1-2-7-14(13)20-11-12-5-3-10-19-12;/h1-3,5-7,10H,4,8-9,11,16H2,(H,17,18);1H. The van der Waals surface area contributed by atoms with E-state index in [9.17, 15) is 4.79 Å². The summed E-state index contributed by atoms with van der Waals surface area (Å²) in [6.07, 6.45) is 0.802. The van der Waals surface area contributed by atoms with Crippen LogP contribution in [0.4, 0.5) is 0 Å². The lowest BCUT2D eigenvalue weighted by Gasteiger charge is -2.09. The SMILES string of the molecule is Cl.NCCCNC(=O)c1ccccc1SCc1cccs1. The zero-order valence-corrected chi connectivity index (χ0v) is 14.0. The van der Waals surface area contributed by atoms with E-state index in [0.29, 0.717) is 13.1 Å². The first-order valence-electron chi connectivity index (χ1n) is 6.53. The van der Waals surface area contributed by atoms with E-state index in [0.717, 1.165) is 22.6 Å². The van der Waals surface area contributed by atoms with Crippen molar-refractivity contribution in [3.63, 3.8) is 0 Å². The van der Waals surface area contributed by atoms with Crippen molar-refractivity contribution in [2.75, 3.05) is 13.1 Å². The van der Waals surface area contributed by atoms with Crippen molar-refractivity contribution < 1.29 is 4.79 Å². The van der Waals surface area contributed by atoms with Crippen LogP contribution in [0.15, 0.2) is 46.7 Å². The molecule has 1 amide bonds. The van der Waals surface area contributed by atoms with Crippen LogP contribution >= 0.6 is 35.5 Å². The van der Waals surface area contributed by atoms with Gasteiger partial charge in [0.25, 0.3) is 5.91 Å². The number of amides is 1. The van der Waals surface area contributed by atoms with Crippen LogP contribution in [0, 0.1) is 0 Å². The highest BCUT2D eigenvalue weighted by Crippen LogP contribution is 2.27. The second-order valence-corrected chi connectivity index (χ2v) is 6.31. The molecule has 114 valence electrons. The van der Waals surface area contributed by atoms with Crippen LogP contribution in [0.25, 0.3) is 0 Å². The summed E-state index contributed by atoms with van der Waals surface area (Å²) in [5.41, 5.74) is 6.17. The predicted octanol–water partition coefficient (Wildman–Crippen LogP) is 3.54. The Morgan fingerprint density at radius 2 is 2.05 bits per heavy atom. The van der Waals surface area contributed by atoms with Gasteiger partial charge in [-0.2, -0.15) is 0 Å². The van der Waals surface area contributed by atoms with Crippen molar-refractivity contribution in [3.8, 4) is 0 Å². The molecule has 1 aromatic heterocycles. The second-order valence-electron chi connectivity index (χ2n) is 4.26. The summed E-state index contributed by atoms with van der Waals surface area (Å²) in [5.74, 6) is 0.873. The van der Waals surface area contributed by atoms with Gasteiger partial charge in [-0.05, 0) is 36.5 Å². The molecule has 3 N–H and O–H groups in total. The van der Waals surface area contributed by atoms with Gasteiger partial charge in [0, 0.05) is 22.1 Å². The van der Waals surface area contributed by atoms with Crippen LogP contribution in [0.1, 0.15) is 21.7 Å². The van der Waals surface area contributed by atoms with Crippen molar-refractivity contribution in [3.05, 3.63) is 52.2 Å². The highest BCUT2D eigenvalue weighted by molar-refractivity contribution is 7.98. The van der Waals surface area contributed by atoms with Crippen LogP contribution in [-0.4, -0.2) is 19.0 Å². The Hall–Kier alpha value is -1.01. The third kappa shape index (κ3) is 5.71. The van der Waals surface area contributed by atoms with Crippen LogP contribution < -0.4 is 11.1 Å². The summed E-state index contributed by atoms with van der Waals surface area (Å²) >= 11 is 3.44. The zero-order valence-electron chi connectivity index (χ0n) is 11.6. The zero-order chi connectivity index (χ0) is 14.2. The van der Waals surface area contributed by atoms with Crippen LogP contribution in [-0.2, 0) is 5.75 Å². The molecule has 21 heavy (non-hydrogen) atoms. The third-order valence-corrected chi connectivity index (χ3v) is 4.93. The number of carbonyl (C=O) groups excluding carboxylic acids is 1. The van der Waals surface area contributed by atoms with Crippen LogP contribution in [0.5, 0.6) is 0 Å². The summed E-state index contributed by atoms with van der Waals surface area (Å²) in [5, 5.41) is 4.97. The summed E-state index contributed by atoms with van der Waals surface area (Å²) in [6.45, 7) is 1.22. The Labute approximate surface area is 139 Å². The topological polar surface area (TPSA) is 55.1 Å². The normalized spacial score (nSPS) is 9.95. The largest absolute Gasteiger partial charge is 0.352 e. The maximum Gasteiger partial charge on any atom is 0.252 e. The van der Waals surface area contributed by atoms with E-state index in [2.05, 4.69) is 16.8 Å². The molecule has 0 atom stereocenters. The molecule has 0 aliphatic carbocycles. The van der Waals surface area contributed by atoms with Gasteiger partial charge in [0.1, 0.15) is 0 Å². The fraction of sp³-hybridized carbons (Fsp3) is 0.267. The first-order chi connectivity index (χ1) is 9.81. The summed E-state index contributed by atoms with van der Waals surface area (Å²) in [6, 6.07) is 11.9. The number of nitrogens with one attached hydrogen (secondary N) is 1. The number of thioether (sulfide) groups is 1. The fourth-order valence-corrected chi connectivity index (χ4v) is 3.55. The molecule has 0 bridgehead atoms.